The molecular weight excluding hydrogens is 170 g/mol. The van der Waals surface area contributed by atoms with E-state index in [1.807, 2.05) is 19.0 Å². The Kier molecular flexibility index (Phi) is 1.44. The first-order valence-corrected chi connectivity index (χ1v) is 3.13. The molecule has 0 aromatic carbocycles. The van der Waals surface area contributed by atoms with Gasteiger partial charge in [0, 0.05) is 7.05 Å². The second kappa shape index (κ2) is 1.95. The van der Waals surface area contributed by atoms with Gasteiger partial charge in [-0.25, -0.2) is 0 Å². The molecule has 0 spiro atoms. The van der Waals surface area contributed by atoms with Crippen LogP contribution < -0.4 is 11.0 Å². The minimum atomic E-state index is 1.00. The van der Waals surface area contributed by atoms with Gasteiger partial charge in [-0.2, -0.15) is 0 Å². The van der Waals surface area contributed by atoms with E-state index in [1.54, 1.807) is 0 Å². The fourth-order valence-electron chi connectivity index (χ4n) is 0.454. The van der Waals surface area contributed by atoms with E-state index < -0.39 is 0 Å². The molecule has 1 heterocycles. The minimum absolute atomic E-state index is 1.00. The zero-order valence-corrected chi connectivity index (χ0v) is 6.41. The van der Waals surface area contributed by atoms with Gasteiger partial charge in [-0.15, -0.1) is 5.53 Å². The van der Waals surface area contributed by atoms with Crippen LogP contribution in [0.25, 0.3) is 0 Å². The first-order valence-electron chi connectivity index (χ1n) is 2.33. The van der Waals surface area contributed by atoms with Crippen molar-refractivity contribution in [3.8, 4) is 0 Å². The van der Waals surface area contributed by atoms with E-state index in [4.69, 9.17) is 0 Å². The molecule has 0 bridgehead atoms. The number of hydrogen-bond acceptors (Lipinski definition) is 3. The van der Waals surface area contributed by atoms with Gasteiger partial charge in [-0.05, 0) is 22.9 Å². The van der Waals surface area contributed by atoms with Gasteiger partial charge in [-0.1, -0.05) is 0 Å². The smallest absolute Gasteiger partial charge is 0.114 e. The Morgan fingerprint density at radius 3 is 2.38 bits per heavy atom. The van der Waals surface area contributed by atoms with Crippen LogP contribution in [0.2, 0.25) is 0 Å². The highest BCUT2D eigenvalue weighted by Crippen LogP contribution is 2.12. The summed E-state index contributed by atoms with van der Waals surface area (Å²) < 4.78 is 1.00. The molecule has 0 unspecified atom stereocenters. The van der Waals surface area contributed by atoms with Crippen molar-refractivity contribution in [2.75, 3.05) is 7.05 Å². The molecule has 3 nitrogen and oxygen atoms in total. The molecule has 0 atom stereocenters. The van der Waals surface area contributed by atoms with Gasteiger partial charge in [0.2, 0.25) is 0 Å². The second-order valence-corrected chi connectivity index (χ2v) is 2.49. The van der Waals surface area contributed by atoms with Gasteiger partial charge in [-0.3, -0.25) is 10.4 Å². The third-order valence-corrected chi connectivity index (χ3v) is 1.93. The Labute approximate surface area is 56.8 Å². The molecule has 0 radical (unpaired) electrons. The fourth-order valence-corrected chi connectivity index (χ4v) is 0.809. The predicted octanol–water partition coefficient (Wildman–Crippen LogP) is 0.525. The van der Waals surface area contributed by atoms with Crippen LogP contribution in [0, 0.1) is 0 Å². The minimum Gasteiger partial charge on any atom is -0.296 e. The number of rotatable bonds is 0. The summed E-state index contributed by atoms with van der Waals surface area (Å²) in [5.74, 6) is 0. The van der Waals surface area contributed by atoms with E-state index in [0.29, 0.717) is 0 Å². The molecule has 0 aromatic rings. The summed E-state index contributed by atoms with van der Waals surface area (Å²) in [6, 6.07) is 0. The summed E-state index contributed by atoms with van der Waals surface area (Å²) in [5, 5.41) is 1.89. The van der Waals surface area contributed by atoms with Crippen molar-refractivity contribution < 1.29 is 0 Å². The van der Waals surface area contributed by atoms with Crippen molar-refractivity contribution in [2.24, 2.45) is 0 Å². The largest absolute Gasteiger partial charge is 0.296 e. The Balaban J connectivity index is 2.71. The number of nitrogens with zero attached hydrogens (tertiary/aromatic N) is 1. The lowest BCUT2D eigenvalue weighted by atomic mass is 10.5. The Morgan fingerprint density at radius 1 is 1.62 bits per heavy atom. The summed E-state index contributed by atoms with van der Waals surface area (Å²) in [7, 11) is 1.94. The van der Waals surface area contributed by atoms with Gasteiger partial charge in [0.25, 0.3) is 0 Å². The van der Waals surface area contributed by atoms with E-state index in [2.05, 4.69) is 26.9 Å². The highest BCUT2D eigenvalue weighted by Gasteiger charge is 2.09. The maximum Gasteiger partial charge on any atom is 0.114 e. The summed E-state index contributed by atoms with van der Waals surface area (Å²) in [4.78, 5) is 0. The Bertz CT molecular complexity index is 131. The van der Waals surface area contributed by atoms with Crippen LogP contribution in [0.5, 0.6) is 0 Å². The number of nitrogens with one attached hydrogen (secondary N) is 2. The molecule has 0 fully saturated rings. The van der Waals surface area contributed by atoms with Crippen LogP contribution in [0.15, 0.2) is 10.3 Å². The lowest BCUT2D eigenvalue weighted by Crippen LogP contribution is -2.33. The molecule has 2 N–H and O–H groups in total. The van der Waals surface area contributed by atoms with Gasteiger partial charge in [0.1, 0.15) is 4.61 Å². The van der Waals surface area contributed by atoms with E-state index in [-0.39, 0.29) is 0 Å². The Morgan fingerprint density at radius 2 is 2.25 bits per heavy atom. The summed E-state index contributed by atoms with van der Waals surface area (Å²) in [6.45, 7) is 2.01. The molecule has 46 valence electrons. The lowest BCUT2D eigenvalue weighted by molar-refractivity contribution is 0.307. The highest BCUT2D eigenvalue weighted by atomic mass is 79.9. The standard InChI is InChI=1S/C4H8BrN3/c1-3-4(5)6-7-8(3)2/h6-7H,1-2H3. The van der Waals surface area contributed by atoms with Gasteiger partial charge in [0.05, 0.1) is 5.70 Å². The average Bonchev–Trinajstić information content (AvgIpc) is 1.98. The normalized spacial score (nSPS) is 19.6. The molecule has 8 heavy (non-hydrogen) atoms. The Hall–Kier alpha value is -0.220. The highest BCUT2D eigenvalue weighted by molar-refractivity contribution is 9.11. The van der Waals surface area contributed by atoms with Crippen molar-refractivity contribution in [2.45, 2.75) is 6.92 Å². The first kappa shape index (κ1) is 5.91. The van der Waals surface area contributed by atoms with Crippen LogP contribution in [0.1, 0.15) is 6.92 Å². The van der Waals surface area contributed by atoms with Crippen LogP contribution in [0.4, 0.5) is 0 Å². The van der Waals surface area contributed by atoms with Crippen molar-refractivity contribution in [3.63, 3.8) is 0 Å². The molecule has 1 aliphatic heterocycles. The van der Waals surface area contributed by atoms with E-state index >= 15 is 0 Å². The van der Waals surface area contributed by atoms with Crippen LogP contribution in [-0.4, -0.2) is 12.1 Å². The molecule has 1 aliphatic rings. The van der Waals surface area contributed by atoms with E-state index in [0.717, 1.165) is 10.3 Å². The fraction of sp³-hybridized carbons (Fsp3) is 0.500. The summed E-state index contributed by atoms with van der Waals surface area (Å²) in [6.07, 6.45) is 0. The average molecular weight is 178 g/mol. The van der Waals surface area contributed by atoms with Crippen molar-refractivity contribution in [1.82, 2.24) is 16.0 Å². The van der Waals surface area contributed by atoms with E-state index in [1.165, 1.54) is 0 Å². The molecule has 0 aliphatic carbocycles. The van der Waals surface area contributed by atoms with Gasteiger partial charge in [0.15, 0.2) is 0 Å². The molecule has 4 heteroatoms. The number of hydrazine groups is 2. The number of hydrogen-bond donors (Lipinski definition) is 2. The molecule has 0 aromatic heterocycles. The number of halogens is 1. The van der Waals surface area contributed by atoms with E-state index in [9.17, 15) is 0 Å². The molecule has 0 saturated carbocycles. The predicted molar refractivity (Wildman–Crippen MR) is 35.7 cm³/mol. The van der Waals surface area contributed by atoms with Gasteiger partial charge >= 0.3 is 0 Å². The van der Waals surface area contributed by atoms with Crippen LogP contribution in [0.3, 0.4) is 0 Å². The zero-order chi connectivity index (χ0) is 6.15. The third kappa shape index (κ3) is 0.809. The maximum atomic E-state index is 3.31. The monoisotopic (exact) mass is 177 g/mol. The SMILES string of the molecule is CC1=C(Br)NNN1C. The molecule has 1 rings (SSSR count). The van der Waals surface area contributed by atoms with Crippen LogP contribution >= 0.6 is 15.9 Å². The maximum absolute atomic E-state index is 3.31. The van der Waals surface area contributed by atoms with Crippen molar-refractivity contribution in [3.05, 3.63) is 10.3 Å². The summed E-state index contributed by atoms with van der Waals surface area (Å²) in [5.41, 5.74) is 6.93. The third-order valence-electron chi connectivity index (χ3n) is 1.15. The summed E-state index contributed by atoms with van der Waals surface area (Å²) >= 11 is 3.31. The zero-order valence-electron chi connectivity index (χ0n) is 4.83. The number of allylic oxidation sites excluding steroid dienone is 1. The topological polar surface area (TPSA) is 27.3 Å². The quantitative estimate of drug-likeness (QED) is 0.529. The molecule has 0 amide bonds. The van der Waals surface area contributed by atoms with Crippen molar-refractivity contribution >= 4 is 15.9 Å². The first-order chi connectivity index (χ1) is 3.72. The van der Waals surface area contributed by atoms with Crippen molar-refractivity contribution in [1.29, 1.82) is 0 Å². The van der Waals surface area contributed by atoms with Gasteiger partial charge < -0.3 is 0 Å². The molecule has 0 saturated heterocycles. The lowest BCUT2D eigenvalue weighted by Gasteiger charge is -2.09. The molecular formula is C4H8BrN3. The van der Waals surface area contributed by atoms with Crippen LogP contribution in [-0.2, 0) is 0 Å². The second-order valence-electron chi connectivity index (χ2n) is 1.70.